The zero-order chi connectivity index (χ0) is 13.8. The molecule has 0 atom stereocenters. The molecule has 1 aromatic carbocycles. The average molecular weight is 264 g/mol. The second-order valence-electron chi connectivity index (χ2n) is 4.88. The Morgan fingerprint density at radius 3 is 2.22 bits per heavy atom. The van der Waals surface area contributed by atoms with Crippen LogP contribution in [0.15, 0.2) is 18.2 Å². The van der Waals surface area contributed by atoms with Crippen molar-refractivity contribution in [3.05, 3.63) is 29.3 Å². The van der Waals surface area contributed by atoms with E-state index in [4.69, 9.17) is 18.0 Å². The molecule has 0 radical (unpaired) electrons. The number of anilines is 1. The molecule has 0 heterocycles. The van der Waals surface area contributed by atoms with Crippen LogP contribution in [-0.4, -0.2) is 10.5 Å². The maximum absolute atomic E-state index is 5.82. The first kappa shape index (κ1) is 15.0. The molecule has 0 bridgehead atoms. The Bertz CT molecular complexity index is 414. The van der Waals surface area contributed by atoms with Crippen LogP contribution in [0, 0.1) is 6.92 Å². The maximum Gasteiger partial charge on any atom is 0.106 e. The number of hydrogen-bond acceptors (Lipinski definition) is 2. The smallest absolute Gasteiger partial charge is 0.106 e. The molecule has 0 saturated carbocycles. The fraction of sp³-hybridized carbons (Fsp3) is 0.533. The Morgan fingerprint density at radius 1 is 1.22 bits per heavy atom. The van der Waals surface area contributed by atoms with Crippen molar-refractivity contribution in [2.45, 2.75) is 52.5 Å². The van der Waals surface area contributed by atoms with Crippen LogP contribution in [-0.2, 0) is 0 Å². The highest BCUT2D eigenvalue weighted by atomic mass is 32.1. The first-order valence-corrected chi connectivity index (χ1v) is 7.07. The molecule has 0 aromatic heterocycles. The Labute approximate surface area is 116 Å². The highest BCUT2D eigenvalue weighted by molar-refractivity contribution is 7.80. The molecule has 0 fully saturated rings. The van der Waals surface area contributed by atoms with E-state index in [1.54, 1.807) is 0 Å². The molecule has 1 rings (SSSR count). The lowest BCUT2D eigenvalue weighted by molar-refractivity contribution is 0.420. The highest BCUT2D eigenvalue weighted by Gasteiger charge is 2.24. The molecular formula is C15H24N2S. The van der Waals surface area contributed by atoms with Crippen LogP contribution in [0.1, 0.15) is 51.2 Å². The van der Waals surface area contributed by atoms with Crippen LogP contribution in [0.4, 0.5) is 5.69 Å². The quantitative estimate of drug-likeness (QED) is 0.762. The summed E-state index contributed by atoms with van der Waals surface area (Å²) < 4.78 is 0. The molecule has 0 aliphatic carbocycles. The van der Waals surface area contributed by atoms with Crippen molar-refractivity contribution in [1.82, 2.24) is 0 Å². The molecule has 2 nitrogen and oxygen atoms in total. The van der Waals surface area contributed by atoms with Gasteiger partial charge in [-0.25, -0.2) is 0 Å². The molecule has 3 N–H and O–H groups in total. The predicted molar refractivity (Wildman–Crippen MR) is 84.3 cm³/mol. The van der Waals surface area contributed by atoms with Gasteiger partial charge in [0, 0.05) is 16.8 Å². The second kappa shape index (κ2) is 6.19. The van der Waals surface area contributed by atoms with E-state index in [-0.39, 0.29) is 5.54 Å². The van der Waals surface area contributed by atoms with Crippen molar-refractivity contribution >= 4 is 22.9 Å². The summed E-state index contributed by atoms with van der Waals surface area (Å²) in [7, 11) is 0. The molecule has 0 amide bonds. The predicted octanol–water partition coefficient (Wildman–Crippen LogP) is 4.01. The molecule has 0 unspecified atom stereocenters. The highest BCUT2D eigenvalue weighted by Crippen LogP contribution is 2.28. The van der Waals surface area contributed by atoms with Crippen molar-refractivity contribution < 1.29 is 0 Å². The SMILES string of the molecule is CCC(CC)(CC)Nc1ccc(C)cc1C(N)=S. The minimum atomic E-state index is 0.134. The molecule has 0 aliphatic rings. The Morgan fingerprint density at radius 2 is 1.78 bits per heavy atom. The number of rotatable bonds is 6. The van der Waals surface area contributed by atoms with Gasteiger partial charge in [0.1, 0.15) is 4.99 Å². The van der Waals surface area contributed by atoms with Crippen LogP contribution in [0.5, 0.6) is 0 Å². The van der Waals surface area contributed by atoms with Gasteiger partial charge in [-0.15, -0.1) is 0 Å². The third-order valence-corrected chi connectivity index (χ3v) is 4.09. The summed E-state index contributed by atoms with van der Waals surface area (Å²) in [6.07, 6.45) is 3.26. The minimum absolute atomic E-state index is 0.134. The second-order valence-corrected chi connectivity index (χ2v) is 5.32. The lowest BCUT2D eigenvalue weighted by Crippen LogP contribution is -2.36. The molecule has 18 heavy (non-hydrogen) atoms. The fourth-order valence-electron chi connectivity index (χ4n) is 2.27. The number of nitrogens with one attached hydrogen (secondary N) is 1. The zero-order valence-electron chi connectivity index (χ0n) is 11.8. The summed E-state index contributed by atoms with van der Waals surface area (Å²) in [6.45, 7) is 8.70. The summed E-state index contributed by atoms with van der Waals surface area (Å²) in [5.41, 5.74) is 9.13. The summed E-state index contributed by atoms with van der Waals surface area (Å²) in [5.74, 6) is 0. The van der Waals surface area contributed by atoms with Gasteiger partial charge in [0.15, 0.2) is 0 Å². The van der Waals surface area contributed by atoms with Gasteiger partial charge in [0.05, 0.1) is 0 Å². The van der Waals surface area contributed by atoms with Gasteiger partial charge >= 0.3 is 0 Å². The Hall–Kier alpha value is -1.09. The lowest BCUT2D eigenvalue weighted by atomic mass is 9.89. The van der Waals surface area contributed by atoms with Crippen molar-refractivity contribution in [2.24, 2.45) is 5.73 Å². The van der Waals surface area contributed by atoms with Gasteiger partial charge in [0.2, 0.25) is 0 Å². The molecule has 1 aromatic rings. The van der Waals surface area contributed by atoms with Gasteiger partial charge < -0.3 is 11.1 Å². The number of hydrogen-bond donors (Lipinski definition) is 2. The van der Waals surface area contributed by atoms with Crippen LogP contribution < -0.4 is 11.1 Å². The van der Waals surface area contributed by atoms with Crippen molar-refractivity contribution in [1.29, 1.82) is 0 Å². The number of aryl methyl sites for hydroxylation is 1. The monoisotopic (exact) mass is 264 g/mol. The zero-order valence-corrected chi connectivity index (χ0v) is 12.7. The summed E-state index contributed by atoms with van der Waals surface area (Å²) in [4.78, 5) is 0.457. The molecule has 0 spiro atoms. The standard InChI is InChI=1S/C15H24N2S/c1-5-15(6-2,7-3)17-13-9-8-11(4)10-12(13)14(16)18/h8-10,17H,5-7H2,1-4H3,(H2,16,18). The molecule has 0 saturated heterocycles. The topological polar surface area (TPSA) is 38.0 Å². The normalized spacial score (nSPS) is 11.3. The van der Waals surface area contributed by atoms with Crippen LogP contribution >= 0.6 is 12.2 Å². The number of thiocarbonyl (C=S) groups is 1. The van der Waals surface area contributed by atoms with Crippen molar-refractivity contribution in [3.63, 3.8) is 0 Å². The van der Waals surface area contributed by atoms with E-state index in [2.05, 4.69) is 51.2 Å². The largest absolute Gasteiger partial charge is 0.389 e. The van der Waals surface area contributed by atoms with E-state index in [1.165, 1.54) is 5.56 Å². The number of nitrogens with two attached hydrogens (primary N) is 1. The van der Waals surface area contributed by atoms with Crippen LogP contribution in [0.2, 0.25) is 0 Å². The Kier molecular flexibility index (Phi) is 5.15. The first-order valence-electron chi connectivity index (χ1n) is 6.66. The molecule has 0 aliphatic heterocycles. The van der Waals surface area contributed by atoms with Gasteiger partial charge in [-0.3, -0.25) is 0 Å². The summed E-state index contributed by atoms with van der Waals surface area (Å²) in [6, 6.07) is 6.23. The molecule has 100 valence electrons. The molecular weight excluding hydrogens is 240 g/mol. The van der Waals surface area contributed by atoms with Crippen molar-refractivity contribution in [2.75, 3.05) is 5.32 Å². The van der Waals surface area contributed by atoms with Gasteiger partial charge in [-0.1, -0.05) is 44.6 Å². The third-order valence-electron chi connectivity index (χ3n) is 3.87. The van der Waals surface area contributed by atoms with E-state index >= 15 is 0 Å². The van der Waals surface area contributed by atoms with Gasteiger partial charge in [-0.05, 0) is 38.3 Å². The fourth-order valence-corrected chi connectivity index (χ4v) is 2.44. The van der Waals surface area contributed by atoms with E-state index in [0.717, 1.165) is 30.5 Å². The van der Waals surface area contributed by atoms with E-state index in [1.807, 2.05) is 0 Å². The first-order chi connectivity index (χ1) is 8.48. The average Bonchev–Trinajstić information content (AvgIpc) is 2.37. The van der Waals surface area contributed by atoms with Crippen LogP contribution in [0.25, 0.3) is 0 Å². The number of benzene rings is 1. The van der Waals surface area contributed by atoms with Gasteiger partial charge in [-0.2, -0.15) is 0 Å². The lowest BCUT2D eigenvalue weighted by Gasteiger charge is -2.34. The third kappa shape index (κ3) is 3.22. The molecule has 3 heteroatoms. The Balaban J connectivity index is 3.13. The van der Waals surface area contributed by atoms with Crippen LogP contribution in [0.3, 0.4) is 0 Å². The van der Waals surface area contributed by atoms with E-state index < -0.39 is 0 Å². The van der Waals surface area contributed by atoms with Crippen molar-refractivity contribution in [3.8, 4) is 0 Å². The van der Waals surface area contributed by atoms with Gasteiger partial charge in [0.25, 0.3) is 0 Å². The minimum Gasteiger partial charge on any atom is -0.389 e. The summed E-state index contributed by atoms with van der Waals surface area (Å²) >= 11 is 5.14. The summed E-state index contributed by atoms with van der Waals surface area (Å²) in [5, 5.41) is 3.65. The maximum atomic E-state index is 5.82. The van der Waals surface area contributed by atoms with E-state index in [0.29, 0.717) is 4.99 Å². The van der Waals surface area contributed by atoms with E-state index in [9.17, 15) is 0 Å².